The van der Waals surface area contributed by atoms with Gasteiger partial charge in [-0.3, -0.25) is 0 Å². The summed E-state index contributed by atoms with van der Waals surface area (Å²) in [7, 11) is -3.20. The molecule has 108 valence electrons. The SMILES string of the molecule is CC(C)(C)c1ccccc1OC[C@H](O)CS(C)(=O)=O. The van der Waals surface area contributed by atoms with Crippen LogP contribution in [0.3, 0.4) is 0 Å². The largest absolute Gasteiger partial charge is 0.491 e. The highest BCUT2D eigenvalue weighted by atomic mass is 32.2. The molecule has 0 radical (unpaired) electrons. The Labute approximate surface area is 115 Å². The van der Waals surface area contributed by atoms with E-state index >= 15 is 0 Å². The van der Waals surface area contributed by atoms with Gasteiger partial charge in [-0.15, -0.1) is 0 Å². The molecule has 0 saturated heterocycles. The molecule has 1 N–H and O–H groups in total. The Hall–Kier alpha value is -1.07. The van der Waals surface area contributed by atoms with Crippen LogP contribution < -0.4 is 4.74 Å². The van der Waals surface area contributed by atoms with Gasteiger partial charge in [-0.05, 0) is 17.0 Å². The lowest BCUT2D eigenvalue weighted by atomic mass is 9.86. The van der Waals surface area contributed by atoms with Gasteiger partial charge < -0.3 is 9.84 Å². The minimum atomic E-state index is -3.20. The van der Waals surface area contributed by atoms with E-state index in [0.29, 0.717) is 5.75 Å². The van der Waals surface area contributed by atoms with Crippen LogP contribution in [-0.2, 0) is 15.3 Å². The summed E-state index contributed by atoms with van der Waals surface area (Å²) >= 11 is 0. The molecular weight excluding hydrogens is 264 g/mol. The second-order valence-electron chi connectivity index (χ2n) is 5.80. The fraction of sp³-hybridized carbons (Fsp3) is 0.571. The van der Waals surface area contributed by atoms with Crippen molar-refractivity contribution in [1.29, 1.82) is 0 Å². The van der Waals surface area contributed by atoms with E-state index < -0.39 is 15.9 Å². The van der Waals surface area contributed by atoms with Gasteiger partial charge in [-0.1, -0.05) is 39.0 Å². The van der Waals surface area contributed by atoms with Crippen molar-refractivity contribution in [3.8, 4) is 5.75 Å². The number of benzene rings is 1. The fourth-order valence-corrected chi connectivity index (χ4v) is 2.59. The summed E-state index contributed by atoms with van der Waals surface area (Å²) in [6.45, 7) is 6.19. The van der Waals surface area contributed by atoms with Crippen molar-refractivity contribution in [2.24, 2.45) is 0 Å². The Morgan fingerprint density at radius 2 is 1.84 bits per heavy atom. The van der Waals surface area contributed by atoms with Crippen LogP contribution in [0.25, 0.3) is 0 Å². The summed E-state index contributed by atoms with van der Waals surface area (Å²) in [5.74, 6) is 0.396. The minimum Gasteiger partial charge on any atom is -0.491 e. The molecule has 0 heterocycles. The first-order valence-electron chi connectivity index (χ1n) is 6.18. The third-order valence-electron chi connectivity index (χ3n) is 2.62. The van der Waals surface area contributed by atoms with Crippen LogP contribution in [0.2, 0.25) is 0 Å². The predicted octanol–water partition coefficient (Wildman–Crippen LogP) is 1.77. The standard InChI is InChI=1S/C14H22O4S/c1-14(2,3)12-7-5-6-8-13(12)18-9-11(15)10-19(4,16)17/h5-8,11,15H,9-10H2,1-4H3/t11-/m0/s1. The quantitative estimate of drug-likeness (QED) is 0.896. The molecule has 1 rings (SSSR count). The summed E-state index contributed by atoms with van der Waals surface area (Å²) in [4.78, 5) is 0. The van der Waals surface area contributed by atoms with E-state index in [9.17, 15) is 13.5 Å². The van der Waals surface area contributed by atoms with Crippen molar-refractivity contribution in [1.82, 2.24) is 0 Å². The Balaban J connectivity index is 2.74. The number of hydrogen-bond donors (Lipinski definition) is 1. The molecule has 0 aromatic heterocycles. The van der Waals surface area contributed by atoms with E-state index in [0.717, 1.165) is 11.8 Å². The molecule has 5 heteroatoms. The first-order valence-corrected chi connectivity index (χ1v) is 8.24. The molecule has 1 aromatic carbocycles. The van der Waals surface area contributed by atoms with Crippen LogP contribution in [0.5, 0.6) is 5.75 Å². The lowest BCUT2D eigenvalue weighted by Gasteiger charge is -2.23. The second-order valence-corrected chi connectivity index (χ2v) is 7.99. The van der Waals surface area contributed by atoms with E-state index in [4.69, 9.17) is 4.74 Å². The van der Waals surface area contributed by atoms with E-state index in [1.807, 2.05) is 24.3 Å². The van der Waals surface area contributed by atoms with Gasteiger partial charge in [0.25, 0.3) is 0 Å². The van der Waals surface area contributed by atoms with Crippen LogP contribution >= 0.6 is 0 Å². The van der Waals surface area contributed by atoms with Crippen molar-refractivity contribution in [2.45, 2.75) is 32.3 Å². The highest BCUT2D eigenvalue weighted by Crippen LogP contribution is 2.30. The summed E-state index contributed by atoms with van der Waals surface area (Å²) in [5, 5.41) is 9.64. The molecule has 4 nitrogen and oxygen atoms in total. The van der Waals surface area contributed by atoms with Crippen LogP contribution in [-0.4, -0.2) is 38.2 Å². The normalized spacial score (nSPS) is 14.2. The zero-order valence-electron chi connectivity index (χ0n) is 11.9. The van der Waals surface area contributed by atoms with Gasteiger partial charge in [-0.2, -0.15) is 0 Å². The first kappa shape index (κ1) is 16.0. The zero-order valence-corrected chi connectivity index (χ0v) is 12.7. The van der Waals surface area contributed by atoms with Crippen LogP contribution in [0.15, 0.2) is 24.3 Å². The molecule has 1 atom stereocenters. The fourth-order valence-electron chi connectivity index (χ4n) is 1.80. The summed E-state index contributed by atoms with van der Waals surface area (Å²) < 4.78 is 27.7. The predicted molar refractivity (Wildman–Crippen MR) is 76.4 cm³/mol. The van der Waals surface area contributed by atoms with Crippen LogP contribution in [0, 0.1) is 0 Å². The lowest BCUT2D eigenvalue weighted by Crippen LogP contribution is -2.27. The third kappa shape index (κ3) is 5.61. The van der Waals surface area contributed by atoms with E-state index in [1.165, 1.54) is 0 Å². The van der Waals surface area contributed by atoms with Crippen molar-refractivity contribution >= 4 is 9.84 Å². The Kier molecular flexibility index (Phi) is 4.98. The molecular formula is C14H22O4S. The molecule has 0 aliphatic rings. The van der Waals surface area contributed by atoms with Crippen LogP contribution in [0.1, 0.15) is 26.3 Å². The zero-order chi connectivity index (χ0) is 14.7. The molecule has 0 spiro atoms. The average molecular weight is 286 g/mol. The van der Waals surface area contributed by atoms with Gasteiger partial charge in [0.2, 0.25) is 0 Å². The highest BCUT2D eigenvalue weighted by molar-refractivity contribution is 7.90. The van der Waals surface area contributed by atoms with E-state index in [-0.39, 0.29) is 17.8 Å². The van der Waals surface area contributed by atoms with Crippen molar-refractivity contribution in [2.75, 3.05) is 18.6 Å². The van der Waals surface area contributed by atoms with Gasteiger partial charge in [-0.25, -0.2) is 8.42 Å². The molecule has 0 aliphatic heterocycles. The van der Waals surface area contributed by atoms with Crippen LogP contribution in [0.4, 0.5) is 0 Å². The maximum atomic E-state index is 11.1. The molecule has 0 aliphatic carbocycles. The topological polar surface area (TPSA) is 63.6 Å². The van der Waals surface area contributed by atoms with Gasteiger partial charge in [0.1, 0.15) is 28.3 Å². The summed E-state index contributed by atoms with van der Waals surface area (Å²) in [6.07, 6.45) is 0.0855. The smallest absolute Gasteiger partial charge is 0.150 e. The maximum absolute atomic E-state index is 11.1. The molecule has 0 unspecified atom stereocenters. The van der Waals surface area contributed by atoms with Gasteiger partial charge in [0, 0.05) is 6.26 Å². The lowest BCUT2D eigenvalue weighted by molar-refractivity contribution is 0.123. The van der Waals surface area contributed by atoms with Crippen molar-refractivity contribution in [3.05, 3.63) is 29.8 Å². The van der Waals surface area contributed by atoms with Crippen molar-refractivity contribution in [3.63, 3.8) is 0 Å². The molecule has 0 saturated carbocycles. The number of hydrogen-bond acceptors (Lipinski definition) is 4. The highest BCUT2D eigenvalue weighted by Gasteiger charge is 2.19. The third-order valence-corrected chi connectivity index (χ3v) is 3.61. The molecule has 0 fully saturated rings. The minimum absolute atomic E-state index is 0.0276. The first-order chi connectivity index (χ1) is 8.59. The maximum Gasteiger partial charge on any atom is 0.150 e. The van der Waals surface area contributed by atoms with Gasteiger partial charge in [0.15, 0.2) is 0 Å². The monoisotopic (exact) mass is 286 g/mol. The molecule has 0 amide bonds. The average Bonchev–Trinajstić information content (AvgIpc) is 2.23. The van der Waals surface area contributed by atoms with E-state index in [2.05, 4.69) is 20.8 Å². The Morgan fingerprint density at radius 1 is 1.26 bits per heavy atom. The number of aliphatic hydroxyl groups excluding tert-OH is 1. The number of rotatable bonds is 5. The Morgan fingerprint density at radius 3 is 2.37 bits per heavy atom. The molecule has 0 bridgehead atoms. The number of sulfone groups is 1. The summed E-state index contributed by atoms with van der Waals surface area (Å²) in [5.41, 5.74) is 0.958. The Bertz CT molecular complexity index is 514. The molecule has 1 aromatic rings. The van der Waals surface area contributed by atoms with Gasteiger partial charge >= 0.3 is 0 Å². The molecule has 19 heavy (non-hydrogen) atoms. The number of para-hydroxylation sites is 1. The van der Waals surface area contributed by atoms with E-state index in [1.54, 1.807) is 0 Å². The second kappa shape index (κ2) is 5.92. The number of ether oxygens (including phenoxy) is 1. The van der Waals surface area contributed by atoms with Gasteiger partial charge in [0.05, 0.1) is 5.75 Å². The van der Waals surface area contributed by atoms with Crippen molar-refractivity contribution < 1.29 is 18.3 Å². The number of aliphatic hydroxyl groups is 1. The summed E-state index contributed by atoms with van der Waals surface area (Å²) in [6, 6.07) is 7.58.